The zero-order valence-corrected chi connectivity index (χ0v) is 18.4. The van der Waals surface area contributed by atoms with Crippen molar-refractivity contribution in [1.82, 2.24) is 4.90 Å². The number of amides is 1. The maximum Gasteiger partial charge on any atom is 0.412 e. The van der Waals surface area contributed by atoms with Gasteiger partial charge in [-0.2, -0.15) is 0 Å². The van der Waals surface area contributed by atoms with Crippen molar-refractivity contribution in [3.63, 3.8) is 0 Å². The lowest BCUT2D eigenvalue weighted by molar-refractivity contribution is -0.0624. The average Bonchev–Trinajstić information content (AvgIpc) is 2.91. The second-order valence-corrected chi connectivity index (χ2v) is 9.81. The molecule has 1 atom stereocenters. The molecule has 2 aromatic rings. The predicted molar refractivity (Wildman–Crippen MR) is 113 cm³/mol. The fourth-order valence-corrected chi connectivity index (χ4v) is 4.13. The molecule has 2 aromatic carbocycles. The van der Waals surface area contributed by atoms with Gasteiger partial charge in [-0.3, -0.25) is 4.90 Å². The Labute approximate surface area is 176 Å². The number of hydrogen-bond donors (Lipinski definition) is 0. The average molecular weight is 418 g/mol. The zero-order chi connectivity index (χ0) is 21.2. The smallest absolute Gasteiger partial charge is 0.412 e. The Balaban J connectivity index is 1.68. The third kappa shape index (κ3) is 5.73. The molecule has 0 N–H and O–H groups in total. The van der Waals surface area contributed by atoms with Crippen LogP contribution in [0.15, 0.2) is 58.3 Å². The highest BCUT2D eigenvalue weighted by Crippen LogP contribution is 2.32. The lowest BCUT2D eigenvalue weighted by Gasteiger charge is -2.35. The fourth-order valence-electron chi connectivity index (χ4n) is 3.32. The van der Waals surface area contributed by atoms with E-state index in [0.717, 1.165) is 15.4 Å². The van der Waals surface area contributed by atoms with E-state index in [-0.39, 0.29) is 18.0 Å². The number of nitrogens with zero attached hydrogens (tertiary/aromatic N) is 1. The van der Waals surface area contributed by atoms with Crippen LogP contribution in [0.1, 0.15) is 40.2 Å². The van der Waals surface area contributed by atoms with Crippen LogP contribution in [0.2, 0.25) is 0 Å². The summed E-state index contributed by atoms with van der Waals surface area (Å²) >= 11 is 1.58. The van der Waals surface area contributed by atoms with Crippen LogP contribution in [0.25, 0.3) is 0 Å². The Morgan fingerprint density at radius 2 is 1.69 bits per heavy atom. The molecule has 0 radical (unpaired) electrons. The minimum absolute atomic E-state index is 0.0875. The van der Waals surface area contributed by atoms with Crippen molar-refractivity contribution in [3.05, 3.63) is 59.9 Å². The van der Waals surface area contributed by atoms with Gasteiger partial charge in [-0.25, -0.2) is 9.18 Å². The number of ether oxygens (including phenoxy) is 2. The molecule has 1 fully saturated rings. The van der Waals surface area contributed by atoms with Crippen molar-refractivity contribution in [2.45, 2.75) is 68.2 Å². The zero-order valence-electron chi connectivity index (χ0n) is 17.6. The summed E-state index contributed by atoms with van der Waals surface area (Å²) in [5.41, 5.74) is -0.140. The first-order chi connectivity index (χ1) is 13.5. The van der Waals surface area contributed by atoms with Crippen LogP contribution in [0.4, 0.5) is 9.18 Å². The second kappa shape index (κ2) is 8.36. The molecule has 0 unspecified atom stereocenters. The van der Waals surface area contributed by atoms with Crippen LogP contribution >= 0.6 is 11.8 Å². The van der Waals surface area contributed by atoms with Crippen molar-refractivity contribution in [2.24, 2.45) is 0 Å². The maximum absolute atomic E-state index is 13.0. The third-order valence-electron chi connectivity index (χ3n) is 4.61. The molecular weight excluding hydrogens is 389 g/mol. The summed E-state index contributed by atoms with van der Waals surface area (Å²) in [7, 11) is 0. The lowest BCUT2D eigenvalue weighted by atomic mass is 10.1. The van der Waals surface area contributed by atoms with Crippen molar-refractivity contribution in [3.8, 4) is 0 Å². The number of hydrogen-bond acceptors (Lipinski definition) is 4. The first-order valence-electron chi connectivity index (χ1n) is 9.72. The highest BCUT2D eigenvalue weighted by atomic mass is 32.2. The van der Waals surface area contributed by atoms with Gasteiger partial charge >= 0.3 is 6.09 Å². The minimum Gasteiger partial charge on any atom is -0.444 e. The summed E-state index contributed by atoms with van der Waals surface area (Å²) in [4.78, 5) is 16.5. The highest BCUT2D eigenvalue weighted by molar-refractivity contribution is 7.99. The molecule has 0 spiro atoms. The van der Waals surface area contributed by atoms with E-state index >= 15 is 0 Å². The van der Waals surface area contributed by atoms with E-state index < -0.39 is 11.3 Å². The second-order valence-electron chi connectivity index (χ2n) is 8.67. The van der Waals surface area contributed by atoms with Gasteiger partial charge in [0, 0.05) is 9.79 Å². The Kier molecular flexibility index (Phi) is 6.24. The summed E-state index contributed by atoms with van der Waals surface area (Å²) in [5.74, 6) is -0.235. The Morgan fingerprint density at radius 1 is 1.14 bits per heavy atom. The summed E-state index contributed by atoms with van der Waals surface area (Å²) in [5, 5.41) is 0. The normalized spacial score (nSPS) is 18.7. The van der Waals surface area contributed by atoms with Crippen LogP contribution in [-0.2, 0) is 15.9 Å². The summed E-state index contributed by atoms with van der Waals surface area (Å²) in [6.45, 7) is 9.83. The number of halogens is 1. The lowest BCUT2D eigenvalue weighted by Crippen LogP contribution is -2.50. The van der Waals surface area contributed by atoms with Crippen LogP contribution in [0.5, 0.6) is 0 Å². The van der Waals surface area contributed by atoms with E-state index in [1.807, 2.05) is 46.8 Å². The molecule has 3 rings (SSSR count). The first kappa shape index (κ1) is 21.7. The molecule has 1 aliphatic rings. The molecule has 0 saturated carbocycles. The number of carbonyl (C=O) groups is 1. The molecule has 0 aliphatic carbocycles. The molecule has 1 aliphatic heterocycles. The van der Waals surface area contributed by atoms with E-state index in [1.54, 1.807) is 28.8 Å². The molecule has 6 heteroatoms. The number of rotatable bonds is 4. The van der Waals surface area contributed by atoms with Gasteiger partial charge < -0.3 is 9.47 Å². The highest BCUT2D eigenvalue weighted by Gasteiger charge is 2.45. The number of benzene rings is 2. The summed E-state index contributed by atoms with van der Waals surface area (Å²) in [6, 6.07) is 14.6. The SMILES string of the molecule is CC(C)(C)OC(=O)N1[C@@H](Cc2ccc(Sc3ccc(F)cc3)cc2)COC1(C)C. The first-order valence-corrected chi connectivity index (χ1v) is 10.5. The number of carbonyl (C=O) groups excluding carboxylic acids is 1. The van der Waals surface area contributed by atoms with Gasteiger partial charge in [0.15, 0.2) is 0 Å². The molecule has 156 valence electrons. The van der Waals surface area contributed by atoms with E-state index in [1.165, 1.54) is 12.1 Å². The van der Waals surface area contributed by atoms with Gasteiger partial charge in [-0.15, -0.1) is 0 Å². The monoisotopic (exact) mass is 417 g/mol. The fraction of sp³-hybridized carbons (Fsp3) is 0.435. The van der Waals surface area contributed by atoms with Crippen molar-refractivity contribution < 1.29 is 18.7 Å². The van der Waals surface area contributed by atoms with E-state index in [9.17, 15) is 9.18 Å². The Morgan fingerprint density at radius 3 is 2.24 bits per heavy atom. The molecule has 1 amide bonds. The Bertz CT molecular complexity index is 844. The topological polar surface area (TPSA) is 38.8 Å². The van der Waals surface area contributed by atoms with Gasteiger partial charge in [0.1, 0.15) is 17.1 Å². The van der Waals surface area contributed by atoms with E-state index in [2.05, 4.69) is 12.1 Å². The van der Waals surface area contributed by atoms with Crippen molar-refractivity contribution >= 4 is 17.9 Å². The van der Waals surface area contributed by atoms with Crippen LogP contribution < -0.4 is 0 Å². The third-order valence-corrected chi connectivity index (χ3v) is 5.62. The molecule has 0 aromatic heterocycles. The predicted octanol–water partition coefficient (Wildman–Crippen LogP) is 5.89. The molecule has 4 nitrogen and oxygen atoms in total. The van der Waals surface area contributed by atoms with E-state index in [4.69, 9.17) is 9.47 Å². The molecule has 1 heterocycles. The minimum atomic E-state index is -0.703. The van der Waals surface area contributed by atoms with Gasteiger partial charge in [-0.05, 0) is 83.0 Å². The van der Waals surface area contributed by atoms with Gasteiger partial charge in [0.25, 0.3) is 0 Å². The summed E-state index contributed by atoms with van der Waals surface area (Å²) in [6.07, 6.45) is 0.331. The van der Waals surface area contributed by atoms with Crippen molar-refractivity contribution in [2.75, 3.05) is 6.61 Å². The van der Waals surface area contributed by atoms with Crippen molar-refractivity contribution in [1.29, 1.82) is 0 Å². The van der Waals surface area contributed by atoms with Crippen LogP contribution in [0, 0.1) is 5.82 Å². The van der Waals surface area contributed by atoms with Gasteiger partial charge in [-0.1, -0.05) is 23.9 Å². The molecular formula is C23H28FNO3S. The Hall–Kier alpha value is -2.05. The van der Waals surface area contributed by atoms with Crippen LogP contribution in [-0.4, -0.2) is 35.0 Å². The molecule has 0 bridgehead atoms. The van der Waals surface area contributed by atoms with Gasteiger partial charge in [0.2, 0.25) is 0 Å². The van der Waals surface area contributed by atoms with Gasteiger partial charge in [0.05, 0.1) is 12.6 Å². The standard InChI is InChI=1S/C23H28FNO3S/c1-22(2,3)28-21(26)25-18(15-27-23(25,4)5)14-16-6-10-19(11-7-16)29-20-12-8-17(24)9-13-20/h6-13,18H,14-15H2,1-5H3/t18-/m0/s1. The molecule has 1 saturated heterocycles. The van der Waals surface area contributed by atoms with E-state index in [0.29, 0.717) is 13.0 Å². The quantitative estimate of drug-likeness (QED) is 0.622. The molecule has 29 heavy (non-hydrogen) atoms. The largest absolute Gasteiger partial charge is 0.444 e. The van der Waals surface area contributed by atoms with Crippen LogP contribution in [0.3, 0.4) is 0 Å². The summed E-state index contributed by atoms with van der Waals surface area (Å²) < 4.78 is 24.5. The maximum atomic E-state index is 13.0.